The highest BCUT2D eigenvalue weighted by Gasteiger charge is 2.21. The Labute approximate surface area is 105 Å². The van der Waals surface area contributed by atoms with Gasteiger partial charge in [0.1, 0.15) is 0 Å². The van der Waals surface area contributed by atoms with E-state index in [9.17, 15) is 5.11 Å². The first-order chi connectivity index (χ1) is 8.30. The minimum Gasteiger partial charge on any atom is -0.395 e. The molecule has 0 saturated carbocycles. The summed E-state index contributed by atoms with van der Waals surface area (Å²) in [6.45, 7) is 9.28. The van der Waals surface area contributed by atoms with Crippen LogP contribution in [-0.4, -0.2) is 61.5 Å². The Morgan fingerprint density at radius 2 is 2.29 bits per heavy atom. The van der Waals surface area contributed by atoms with E-state index in [0.29, 0.717) is 6.10 Å². The maximum Gasteiger partial charge on any atom is 0.0702 e. The molecule has 1 aliphatic heterocycles. The number of aliphatic hydroxyl groups excluding tert-OH is 1. The fraction of sp³-hybridized carbons (Fsp3) is 1.00. The largest absolute Gasteiger partial charge is 0.395 e. The van der Waals surface area contributed by atoms with E-state index < -0.39 is 0 Å². The van der Waals surface area contributed by atoms with Crippen LogP contribution in [0.1, 0.15) is 33.1 Å². The molecule has 1 rings (SSSR count). The number of nitrogens with zero attached hydrogens (tertiary/aromatic N) is 1. The van der Waals surface area contributed by atoms with Gasteiger partial charge in [0.05, 0.1) is 12.7 Å². The molecule has 1 fully saturated rings. The lowest BCUT2D eigenvalue weighted by molar-refractivity contribution is 0.00174. The number of piperidine rings is 1. The van der Waals surface area contributed by atoms with Gasteiger partial charge in [-0.1, -0.05) is 6.92 Å². The molecule has 0 aromatic rings. The van der Waals surface area contributed by atoms with E-state index in [1.807, 2.05) is 0 Å². The van der Waals surface area contributed by atoms with Gasteiger partial charge in [-0.05, 0) is 39.3 Å². The van der Waals surface area contributed by atoms with Crippen molar-refractivity contribution in [2.24, 2.45) is 0 Å². The van der Waals surface area contributed by atoms with Crippen molar-refractivity contribution < 1.29 is 9.84 Å². The minimum absolute atomic E-state index is 0.204. The van der Waals surface area contributed by atoms with Crippen LogP contribution in [0.5, 0.6) is 0 Å². The van der Waals surface area contributed by atoms with Crippen LogP contribution in [0.2, 0.25) is 0 Å². The van der Waals surface area contributed by atoms with Crippen molar-refractivity contribution in [1.82, 2.24) is 10.2 Å². The lowest BCUT2D eigenvalue weighted by atomic mass is 10.1. The Balaban J connectivity index is 2.27. The van der Waals surface area contributed by atoms with E-state index in [1.54, 1.807) is 0 Å². The van der Waals surface area contributed by atoms with Crippen molar-refractivity contribution in [3.8, 4) is 0 Å². The van der Waals surface area contributed by atoms with E-state index in [2.05, 4.69) is 24.1 Å². The SMILES string of the molecule is CCCNC(CO)CN1CCCC(OCC)C1. The average Bonchev–Trinajstić information content (AvgIpc) is 2.35. The number of aliphatic hydroxyl groups is 1. The number of hydrogen-bond acceptors (Lipinski definition) is 4. The molecule has 1 saturated heterocycles. The first kappa shape index (κ1) is 14.9. The monoisotopic (exact) mass is 244 g/mol. The lowest BCUT2D eigenvalue weighted by Crippen LogP contribution is -2.48. The smallest absolute Gasteiger partial charge is 0.0702 e. The van der Waals surface area contributed by atoms with E-state index in [0.717, 1.165) is 39.2 Å². The Bertz CT molecular complexity index is 188. The zero-order valence-corrected chi connectivity index (χ0v) is 11.3. The first-order valence-electron chi connectivity index (χ1n) is 6.98. The molecule has 2 atom stereocenters. The molecule has 0 spiro atoms. The van der Waals surface area contributed by atoms with E-state index in [-0.39, 0.29) is 12.6 Å². The molecule has 0 aromatic carbocycles. The fourth-order valence-electron chi connectivity index (χ4n) is 2.40. The Morgan fingerprint density at radius 3 is 2.94 bits per heavy atom. The molecule has 0 aliphatic carbocycles. The van der Waals surface area contributed by atoms with Gasteiger partial charge >= 0.3 is 0 Å². The zero-order valence-electron chi connectivity index (χ0n) is 11.3. The van der Waals surface area contributed by atoms with Crippen molar-refractivity contribution in [2.45, 2.75) is 45.3 Å². The maximum absolute atomic E-state index is 9.33. The first-order valence-corrected chi connectivity index (χ1v) is 6.98. The maximum atomic E-state index is 9.33. The number of nitrogens with one attached hydrogen (secondary N) is 1. The van der Waals surface area contributed by atoms with Crippen LogP contribution in [0.4, 0.5) is 0 Å². The molecule has 1 aliphatic rings. The van der Waals surface area contributed by atoms with Crippen molar-refractivity contribution >= 4 is 0 Å². The molecule has 4 heteroatoms. The molecule has 4 nitrogen and oxygen atoms in total. The third kappa shape index (κ3) is 5.82. The molecule has 2 N–H and O–H groups in total. The molecule has 0 bridgehead atoms. The molecule has 0 radical (unpaired) electrons. The second-order valence-electron chi connectivity index (χ2n) is 4.81. The average molecular weight is 244 g/mol. The fourth-order valence-corrected chi connectivity index (χ4v) is 2.40. The van der Waals surface area contributed by atoms with Crippen LogP contribution in [0.25, 0.3) is 0 Å². The van der Waals surface area contributed by atoms with Crippen molar-refractivity contribution in [2.75, 3.05) is 39.4 Å². The van der Waals surface area contributed by atoms with Gasteiger partial charge in [-0.25, -0.2) is 0 Å². The number of ether oxygens (including phenoxy) is 1. The second-order valence-corrected chi connectivity index (χ2v) is 4.81. The van der Waals surface area contributed by atoms with Crippen molar-refractivity contribution in [3.05, 3.63) is 0 Å². The summed E-state index contributed by atoms with van der Waals surface area (Å²) in [5.41, 5.74) is 0. The van der Waals surface area contributed by atoms with Gasteiger partial charge in [-0.2, -0.15) is 0 Å². The highest BCUT2D eigenvalue weighted by Crippen LogP contribution is 2.13. The van der Waals surface area contributed by atoms with Gasteiger partial charge in [0, 0.05) is 25.7 Å². The zero-order chi connectivity index (χ0) is 12.5. The molecule has 0 aromatic heterocycles. The Morgan fingerprint density at radius 1 is 1.47 bits per heavy atom. The molecule has 0 amide bonds. The summed E-state index contributed by atoms with van der Waals surface area (Å²) >= 11 is 0. The number of rotatable bonds is 8. The van der Waals surface area contributed by atoms with Crippen LogP contribution in [0, 0.1) is 0 Å². The molecule has 1 heterocycles. The molecule has 102 valence electrons. The van der Waals surface area contributed by atoms with Crippen LogP contribution in [-0.2, 0) is 4.74 Å². The summed E-state index contributed by atoms with van der Waals surface area (Å²) in [7, 11) is 0. The third-order valence-corrected chi connectivity index (χ3v) is 3.25. The predicted molar refractivity (Wildman–Crippen MR) is 70.3 cm³/mol. The quantitative estimate of drug-likeness (QED) is 0.664. The minimum atomic E-state index is 0.204. The van der Waals surface area contributed by atoms with Gasteiger partial charge in [-0.15, -0.1) is 0 Å². The summed E-state index contributed by atoms with van der Waals surface area (Å²) in [5, 5.41) is 12.7. The van der Waals surface area contributed by atoms with Gasteiger partial charge in [0.15, 0.2) is 0 Å². The summed E-state index contributed by atoms with van der Waals surface area (Å²) in [6.07, 6.45) is 3.88. The van der Waals surface area contributed by atoms with E-state index in [1.165, 1.54) is 12.8 Å². The topological polar surface area (TPSA) is 44.7 Å². The van der Waals surface area contributed by atoms with Gasteiger partial charge in [0.25, 0.3) is 0 Å². The molecule has 17 heavy (non-hydrogen) atoms. The number of likely N-dealkylation sites (tertiary alicyclic amines) is 1. The standard InChI is InChI=1S/C13H28N2O2/c1-3-7-14-12(11-16)9-15-8-5-6-13(10-15)17-4-2/h12-14,16H,3-11H2,1-2H3. The highest BCUT2D eigenvalue weighted by molar-refractivity contribution is 4.78. The number of hydrogen-bond donors (Lipinski definition) is 2. The van der Waals surface area contributed by atoms with Crippen LogP contribution in [0.3, 0.4) is 0 Å². The van der Waals surface area contributed by atoms with E-state index in [4.69, 9.17) is 4.74 Å². The van der Waals surface area contributed by atoms with Gasteiger partial charge < -0.3 is 15.2 Å². The summed E-state index contributed by atoms with van der Waals surface area (Å²) < 4.78 is 5.68. The Kier molecular flexibility index (Phi) is 7.77. The molecular formula is C13H28N2O2. The van der Waals surface area contributed by atoms with Crippen molar-refractivity contribution in [3.63, 3.8) is 0 Å². The van der Waals surface area contributed by atoms with Gasteiger partial charge in [0.2, 0.25) is 0 Å². The van der Waals surface area contributed by atoms with Crippen molar-refractivity contribution in [1.29, 1.82) is 0 Å². The Hall–Kier alpha value is -0.160. The summed E-state index contributed by atoms with van der Waals surface area (Å²) in [6, 6.07) is 0.204. The van der Waals surface area contributed by atoms with Crippen LogP contribution in [0.15, 0.2) is 0 Å². The third-order valence-electron chi connectivity index (χ3n) is 3.25. The molecule has 2 unspecified atom stereocenters. The predicted octanol–water partition coefficient (Wildman–Crippen LogP) is 0.848. The lowest BCUT2D eigenvalue weighted by Gasteiger charge is -2.34. The summed E-state index contributed by atoms with van der Waals surface area (Å²) in [4.78, 5) is 2.41. The summed E-state index contributed by atoms with van der Waals surface area (Å²) in [5.74, 6) is 0. The van der Waals surface area contributed by atoms with Crippen LogP contribution >= 0.6 is 0 Å². The second kappa shape index (κ2) is 8.86. The highest BCUT2D eigenvalue weighted by atomic mass is 16.5. The normalized spacial score (nSPS) is 23.8. The van der Waals surface area contributed by atoms with Crippen LogP contribution < -0.4 is 5.32 Å². The van der Waals surface area contributed by atoms with E-state index >= 15 is 0 Å². The van der Waals surface area contributed by atoms with Gasteiger partial charge in [-0.3, -0.25) is 4.90 Å². The molecular weight excluding hydrogens is 216 g/mol.